The maximum Gasteiger partial charge on any atom is 0.335 e. The SMILES string of the molecule is O=C(O)c1ccc(-c2c(F)c(F)c(F)c(F)c2F)cc1. The van der Waals surface area contributed by atoms with Gasteiger partial charge in [0.05, 0.1) is 11.1 Å². The van der Waals surface area contributed by atoms with Crippen molar-refractivity contribution in [1.82, 2.24) is 0 Å². The predicted molar refractivity (Wildman–Crippen MR) is 58.6 cm³/mol. The van der Waals surface area contributed by atoms with Gasteiger partial charge >= 0.3 is 5.97 Å². The summed E-state index contributed by atoms with van der Waals surface area (Å²) in [6, 6.07) is 3.91. The first-order valence-corrected chi connectivity index (χ1v) is 5.19. The molecule has 104 valence electrons. The molecule has 0 aliphatic carbocycles. The molecule has 0 saturated carbocycles. The molecule has 2 aromatic carbocycles. The Bertz CT molecular complexity index is 666. The molecule has 2 rings (SSSR count). The fourth-order valence-corrected chi connectivity index (χ4v) is 1.64. The van der Waals surface area contributed by atoms with Crippen LogP contribution in [-0.4, -0.2) is 11.1 Å². The van der Waals surface area contributed by atoms with E-state index in [1.165, 1.54) is 0 Å². The minimum atomic E-state index is -2.24. The Morgan fingerprint density at radius 2 is 1.15 bits per heavy atom. The van der Waals surface area contributed by atoms with Gasteiger partial charge in [-0.2, -0.15) is 0 Å². The summed E-state index contributed by atoms with van der Waals surface area (Å²) in [4.78, 5) is 10.6. The number of carboxylic acids is 1. The van der Waals surface area contributed by atoms with Crippen molar-refractivity contribution < 1.29 is 31.9 Å². The van der Waals surface area contributed by atoms with E-state index in [2.05, 4.69) is 0 Å². The number of benzene rings is 2. The van der Waals surface area contributed by atoms with E-state index in [1.807, 2.05) is 0 Å². The molecule has 0 spiro atoms. The molecule has 0 aliphatic rings. The average Bonchev–Trinajstić information content (AvgIpc) is 2.44. The van der Waals surface area contributed by atoms with E-state index in [4.69, 9.17) is 5.11 Å². The van der Waals surface area contributed by atoms with Gasteiger partial charge in [0.25, 0.3) is 0 Å². The summed E-state index contributed by atoms with van der Waals surface area (Å²) < 4.78 is 66.0. The first-order chi connectivity index (χ1) is 9.34. The van der Waals surface area contributed by atoms with Gasteiger partial charge in [-0.25, -0.2) is 26.7 Å². The zero-order valence-corrected chi connectivity index (χ0v) is 9.55. The van der Waals surface area contributed by atoms with Crippen molar-refractivity contribution in [2.45, 2.75) is 0 Å². The lowest BCUT2D eigenvalue weighted by Crippen LogP contribution is -2.04. The van der Waals surface area contributed by atoms with Gasteiger partial charge in [0, 0.05) is 0 Å². The maximum atomic E-state index is 13.5. The number of hydrogen-bond donors (Lipinski definition) is 1. The molecule has 1 N–H and O–H groups in total. The van der Waals surface area contributed by atoms with Crippen LogP contribution >= 0.6 is 0 Å². The molecule has 20 heavy (non-hydrogen) atoms. The Morgan fingerprint density at radius 1 is 0.750 bits per heavy atom. The van der Waals surface area contributed by atoms with Gasteiger partial charge in [-0.15, -0.1) is 0 Å². The van der Waals surface area contributed by atoms with Crippen LogP contribution in [-0.2, 0) is 0 Å². The fourth-order valence-electron chi connectivity index (χ4n) is 1.64. The number of rotatable bonds is 2. The second-order valence-electron chi connectivity index (χ2n) is 3.83. The standard InChI is InChI=1S/C13H5F5O2/c14-8-7(9(15)11(17)12(18)10(8)16)5-1-3-6(4-2-5)13(19)20/h1-4H,(H,19,20). The smallest absolute Gasteiger partial charge is 0.335 e. The summed E-state index contributed by atoms with van der Waals surface area (Å²) in [5, 5.41) is 8.66. The molecular weight excluding hydrogens is 283 g/mol. The molecular formula is C13H5F5O2. The minimum Gasteiger partial charge on any atom is -0.478 e. The van der Waals surface area contributed by atoms with Crippen LogP contribution in [0.5, 0.6) is 0 Å². The summed E-state index contributed by atoms with van der Waals surface area (Å²) in [6.45, 7) is 0. The second-order valence-corrected chi connectivity index (χ2v) is 3.83. The van der Waals surface area contributed by atoms with Gasteiger partial charge in [0.2, 0.25) is 5.82 Å². The summed E-state index contributed by atoms with van der Waals surface area (Å²) in [6.07, 6.45) is 0. The molecule has 0 bridgehead atoms. The number of aromatic carboxylic acids is 1. The first-order valence-electron chi connectivity index (χ1n) is 5.19. The van der Waals surface area contributed by atoms with E-state index in [9.17, 15) is 26.7 Å². The average molecular weight is 288 g/mol. The molecule has 0 aliphatic heterocycles. The van der Waals surface area contributed by atoms with Crippen molar-refractivity contribution in [3.05, 3.63) is 58.9 Å². The van der Waals surface area contributed by atoms with Crippen LogP contribution in [0.2, 0.25) is 0 Å². The molecule has 0 heterocycles. The summed E-state index contributed by atoms with van der Waals surface area (Å²) >= 11 is 0. The van der Waals surface area contributed by atoms with Crippen LogP contribution in [0.3, 0.4) is 0 Å². The second kappa shape index (κ2) is 4.92. The van der Waals surface area contributed by atoms with E-state index in [1.54, 1.807) is 0 Å². The quantitative estimate of drug-likeness (QED) is 0.519. The third-order valence-corrected chi connectivity index (χ3v) is 2.63. The van der Waals surface area contributed by atoms with E-state index in [-0.39, 0.29) is 11.1 Å². The molecule has 2 nitrogen and oxygen atoms in total. The molecule has 0 amide bonds. The van der Waals surface area contributed by atoms with Crippen molar-refractivity contribution in [1.29, 1.82) is 0 Å². The molecule has 0 radical (unpaired) electrons. The topological polar surface area (TPSA) is 37.3 Å². The Hall–Kier alpha value is -2.44. The van der Waals surface area contributed by atoms with Crippen LogP contribution in [0.25, 0.3) is 11.1 Å². The summed E-state index contributed by atoms with van der Waals surface area (Å²) in [7, 11) is 0. The predicted octanol–water partition coefficient (Wildman–Crippen LogP) is 3.75. The van der Waals surface area contributed by atoms with E-state index < -0.39 is 40.6 Å². The van der Waals surface area contributed by atoms with Crippen molar-refractivity contribution in [2.24, 2.45) is 0 Å². The molecule has 7 heteroatoms. The van der Waals surface area contributed by atoms with Crippen LogP contribution in [0.15, 0.2) is 24.3 Å². The zero-order chi connectivity index (χ0) is 15.0. The van der Waals surface area contributed by atoms with Crippen molar-refractivity contribution in [3.8, 4) is 11.1 Å². The van der Waals surface area contributed by atoms with Crippen LogP contribution in [0.1, 0.15) is 10.4 Å². The Morgan fingerprint density at radius 3 is 1.55 bits per heavy atom. The first kappa shape index (κ1) is 14.0. The number of hydrogen-bond acceptors (Lipinski definition) is 1. The highest BCUT2D eigenvalue weighted by molar-refractivity contribution is 5.88. The molecule has 0 fully saturated rings. The number of carbonyl (C=O) groups is 1. The van der Waals surface area contributed by atoms with E-state index in [0.717, 1.165) is 24.3 Å². The van der Waals surface area contributed by atoms with Gasteiger partial charge in [-0.3, -0.25) is 0 Å². The summed E-state index contributed by atoms with van der Waals surface area (Å²) in [5.41, 5.74) is -1.60. The Kier molecular flexibility index (Phi) is 3.44. The van der Waals surface area contributed by atoms with Crippen molar-refractivity contribution in [3.63, 3.8) is 0 Å². The molecule has 0 saturated heterocycles. The van der Waals surface area contributed by atoms with Gasteiger partial charge in [-0.05, 0) is 17.7 Å². The van der Waals surface area contributed by atoms with E-state index in [0.29, 0.717) is 0 Å². The van der Waals surface area contributed by atoms with Gasteiger partial charge in [0.15, 0.2) is 23.3 Å². The highest BCUT2D eigenvalue weighted by Crippen LogP contribution is 2.31. The molecule has 2 aromatic rings. The maximum absolute atomic E-state index is 13.5. The van der Waals surface area contributed by atoms with Gasteiger partial charge in [0.1, 0.15) is 0 Å². The lowest BCUT2D eigenvalue weighted by atomic mass is 10.0. The third kappa shape index (κ3) is 2.11. The highest BCUT2D eigenvalue weighted by atomic mass is 19.2. The lowest BCUT2D eigenvalue weighted by molar-refractivity contribution is 0.0697. The lowest BCUT2D eigenvalue weighted by Gasteiger charge is -2.08. The van der Waals surface area contributed by atoms with Gasteiger partial charge in [-0.1, -0.05) is 12.1 Å². The molecule has 0 aromatic heterocycles. The third-order valence-electron chi connectivity index (χ3n) is 2.63. The zero-order valence-electron chi connectivity index (χ0n) is 9.55. The fraction of sp³-hybridized carbons (Fsp3) is 0. The van der Waals surface area contributed by atoms with Crippen molar-refractivity contribution in [2.75, 3.05) is 0 Å². The van der Waals surface area contributed by atoms with Crippen molar-refractivity contribution >= 4 is 5.97 Å². The van der Waals surface area contributed by atoms with Crippen LogP contribution in [0, 0.1) is 29.1 Å². The normalized spacial score (nSPS) is 10.7. The van der Waals surface area contributed by atoms with E-state index >= 15 is 0 Å². The highest BCUT2D eigenvalue weighted by Gasteiger charge is 2.26. The summed E-state index contributed by atoms with van der Waals surface area (Å²) in [5.74, 6) is -11.6. The van der Waals surface area contributed by atoms with Gasteiger partial charge < -0.3 is 5.11 Å². The number of carboxylic acid groups (broad SMARTS) is 1. The van der Waals surface area contributed by atoms with Crippen LogP contribution < -0.4 is 0 Å². The Balaban J connectivity index is 2.67. The largest absolute Gasteiger partial charge is 0.478 e. The number of halogens is 5. The monoisotopic (exact) mass is 288 g/mol. The molecule has 0 unspecified atom stereocenters. The van der Waals surface area contributed by atoms with Crippen LogP contribution in [0.4, 0.5) is 22.0 Å². The Labute approximate surface area is 109 Å². The minimum absolute atomic E-state index is 0.183. The molecule has 0 atom stereocenters.